The van der Waals surface area contributed by atoms with Gasteiger partial charge >= 0.3 is 5.97 Å². The first kappa shape index (κ1) is 14.1. The number of rotatable bonds is 3. The van der Waals surface area contributed by atoms with E-state index in [2.05, 4.69) is 5.32 Å². The number of nitrogens with one attached hydrogen (secondary N) is 1. The number of halogens is 3. The lowest BCUT2D eigenvalue weighted by Crippen LogP contribution is -2.05. The molecule has 104 valence electrons. The van der Waals surface area contributed by atoms with E-state index >= 15 is 0 Å². The Hall–Kier alpha value is -2.34. The van der Waals surface area contributed by atoms with E-state index in [4.69, 9.17) is 22.4 Å². The van der Waals surface area contributed by atoms with Crippen LogP contribution in [-0.2, 0) is 0 Å². The second-order valence-corrected chi connectivity index (χ2v) is 4.44. The fraction of sp³-hybridized carbons (Fsp3) is 0. The summed E-state index contributed by atoms with van der Waals surface area (Å²) in [5.74, 6) is -2.94. The Morgan fingerprint density at radius 1 is 1.20 bits per heavy atom. The molecule has 20 heavy (non-hydrogen) atoms. The van der Waals surface area contributed by atoms with E-state index in [9.17, 15) is 13.6 Å². The van der Waals surface area contributed by atoms with Gasteiger partial charge in [0.05, 0.1) is 16.9 Å². The second-order valence-electron chi connectivity index (χ2n) is 4.01. The van der Waals surface area contributed by atoms with Gasteiger partial charge in [-0.3, -0.25) is 0 Å². The number of nitrogen functional groups attached to an aromatic ring is 1. The van der Waals surface area contributed by atoms with Crippen molar-refractivity contribution in [1.82, 2.24) is 0 Å². The molecule has 0 aliphatic heterocycles. The second kappa shape index (κ2) is 5.34. The molecule has 4 nitrogen and oxygen atoms in total. The third-order valence-corrected chi connectivity index (χ3v) is 2.73. The van der Waals surface area contributed by atoms with Crippen LogP contribution in [0.3, 0.4) is 0 Å². The van der Waals surface area contributed by atoms with Gasteiger partial charge in [0.2, 0.25) is 0 Å². The van der Waals surface area contributed by atoms with Crippen LogP contribution < -0.4 is 11.1 Å². The van der Waals surface area contributed by atoms with Crippen LogP contribution >= 0.6 is 11.6 Å². The van der Waals surface area contributed by atoms with Gasteiger partial charge in [-0.05, 0) is 24.3 Å². The van der Waals surface area contributed by atoms with Gasteiger partial charge in [0, 0.05) is 16.8 Å². The summed E-state index contributed by atoms with van der Waals surface area (Å²) in [5, 5.41) is 11.6. The molecule has 0 aliphatic carbocycles. The summed E-state index contributed by atoms with van der Waals surface area (Å²) in [5.41, 5.74) is 5.50. The van der Waals surface area contributed by atoms with Crippen LogP contribution in [0.2, 0.25) is 5.02 Å². The van der Waals surface area contributed by atoms with Crippen LogP contribution in [0.4, 0.5) is 25.8 Å². The lowest BCUT2D eigenvalue weighted by atomic mass is 10.1. The van der Waals surface area contributed by atoms with Gasteiger partial charge in [0.25, 0.3) is 0 Å². The summed E-state index contributed by atoms with van der Waals surface area (Å²) >= 11 is 5.69. The van der Waals surface area contributed by atoms with Crippen molar-refractivity contribution in [1.29, 1.82) is 0 Å². The van der Waals surface area contributed by atoms with Crippen LogP contribution in [0.1, 0.15) is 10.4 Å². The van der Waals surface area contributed by atoms with Crippen molar-refractivity contribution >= 4 is 34.6 Å². The van der Waals surface area contributed by atoms with Crippen molar-refractivity contribution in [2.45, 2.75) is 0 Å². The lowest BCUT2D eigenvalue weighted by molar-refractivity contribution is 0.0692. The minimum absolute atomic E-state index is 0.0178. The molecule has 0 saturated carbocycles. The molecule has 0 bridgehead atoms. The Morgan fingerprint density at radius 2 is 1.90 bits per heavy atom. The van der Waals surface area contributed by atoms with E-state index in [1.165, 1.54) is 6.07 Å². The predicted molar refractivity (Wildman–Crippen MR) is 72.5 cm³/mol. The molecule has 4 N–H and O–H groups in total. The number of carbonyl (C=O) groups is 1. The van der Waals surface area contributed by atoms with E-state index in [0.717, 1.165) is 24.3 Å². The summed E-state index contributed by atoms with van der Waals surface area (Å²) < 4.78 is 26.7. The first-order valence-electron chi connectivity index (χ1n) is 5.42. The SMILES string of the molecule is Nc1cc(C(=O)O)c(F)cc1Nc1cc(F)cc(Cl)c1. The maximum absolute atomic E-state index is 13.6. The predicted octanol–water partition coefficient (Wildman–Crippen LogP) is 3.64. The maximum Gasteiger partial charge on any atom is 0.338 e. The van der Waals surface area contributed by atoms with Gasteiger partial charge in [0.1, 0.15) is 11.6 Å². The molecule has 2 aromatic rings. The average molecular weight is 299 g/mol. The minimum atomic E-state index is -1.42. The van der Waals surface area contributed by atoms with Crippen molar-refractivity contribution in [2.75, 3.05) is 11.1 Å². The molecule has 0 radical (unpaired) electrons. The highest BCUT2D eigenvalue weighted by molar-refractivity contribution is 6.30. The smallest absolute Gasteiger partial charge is 0.338 e. The lowest BCUT2D eigenvalue weighted by Gasteiger charge is -2.11. The first-order valence-corrected chi connectivity index (χ1v) is 5.80. The highest BCUT2D eigenvalue weighted by Crippen LogP contribution is 2.28. The van der Waals surface area contributed by atoms with Crippen molar-refractivity contribution in [3.05, 3.63) is 52.6 Å². The Bertz CT molecular complexity index is 672. The van der Waals surface area contributed by atoms with Gasteiger partial charge in [-0.15, -0.1) is 0 Å². The third-order valence-electron chi connectivity index (χ3n) is 2.51. The highest BCUT2D eigenvalue weighted by Gasteiger charge is 2.14. The molecule has 2 aromatic carbocycles. The third kappa shape index (κ3) is 2.97. The molecule has 0 aliphatic rings. The number of carboxylic acid groups (broad SMARTS) is 1. The zero-order valence-electron chi connectivity index (χ0n) is 9.95. The monoisotopic (exact) mass is 298 g/mol. The maximum atomic E-state index is 13.6. The quantitative estimate of drug-likeness (QED) is 0.756. The zero-order chi connectivity index (χ0) is 14.9. The number of benzene rings is 2. The molecule has 0 amide bonds. The minimum Gasteiger partial charge on any atom is -0.478 e. The fourth-order valence-electron chi connectivity index (χ4n) is 1.64. The molecule has 7 heteroatoms. The molecule has 0 saturated heterocycles. The van der Waals surface area contributed by atoms with Crippen molar-refractivity contribution in [3.8, 4) is 0 Å². The molecule has 0 spiro atoms. The van der Waals surface area contributed by atoms with Crippen molar-refractivity contribution in [3.63, 3.8) is 0 Å². The largest absolute Gasteiger partial charge is 0.478 e. The molecule has 0 aromatic heterocycles. The van der Waals surface area contributed by atoms with Gasteiger partial charge in [-0.2, -0.15) is 0 Å². The van der Waals surface area contributed by atoms with Crippen LogP contribution in [0.15, 0.2) is 30.3 Å². The molecular weight excluding hydrogens is 290 g/mol. The van der Waals surface area contributed by atoms with Crippen LogP contribution in [0, 0.1) is 11.6 Å². The van der Waals surface area contributed by atoms with Gasteiger partial charge in [-0.1, -0.05) is 11.6 Å². The van der Waals surface area contributed by atoms with Crippen LogP contribution in [-0.4, -0.2) is 11.1 Å². The molecule has 0 fully saturated rings. The zero-order valence-corrected chi connectivity index (χ0v) is 10.7. The number of aromatic carboxylic acids is 1. The summed E-state index contributed by atoms with van der Waals surface area (Å²) in [6.07, 6.45) is 0. The Morgan fingerprint density at radius 3 is 2.50 bits per heavy atom. The van der Waals surface area contributed by atoms with Crippen molar-refractivity contribution < 1.29 is 18.7 Å². The van der Waals surface area contributed by atoms with Crippen molar-refractivity contribution in [2.24, 2.45) is 0 Å². The Balaban J connectivity index is 2.39. The standard InChI is InChI=1S/C13H9ClF2N2O2/c14-6-1-7(15)3-8(2-6)18-12-5-10(16)9(13(19)20)4-11(12)17/h1-5,18H,17H2,(H,19,20). The molecule has 0 heterocycles. The molecule has 0 atom stereocenters. The summed E-state index contributed by atoms with van der Waals surface area (Å²) in [7, 11) is 0. The number of hydrogen-bond donors (Lipinski definition) is 3. The van der Waals surface area contributed by atoms with E-state index < -0.39 is 23.2 Å². The Labute approximate surface area is 117 Å². The number of hydrogen-bond acceptors (Lipinski definition) is 3. The number of anilines is 3. The topological polar surface area (TPSA) is 75.4 Å². The normalized spacial score (nSPS) is 10.3. The molecular formula is C13H9ClF2N2O2. The van der Waals surface area contributed by atoms with E-state index in [-0.39, 0.29) is 22.1 Å². The van der Waals surface area contributed by atoms with Crippen LogP contribution in [0.5, 0.6) is 0 Å². The summed E-state index contributed by atoms with van der Waals surface area (Å²) in [6.45, 7) is 0. The van der Waals surface area contributed by atoms with E-state index in [1.807, 2.05) is 0 Å². The van der Waals surface area contributed by atoms with E-state index in [1.54, 1.807) is 0 Å². The summed E-state index contributed by atoms with van der Waals surface area (Å²) in [4.78, 5) is 10.7. The highest BCUT2D eigenvalue weighted by atomic mass is 35.5. The van der Waals surface area contributed by atoms with Gasteiger partial charge < -0.3 is 16.2 Å². The average Bonchev–Trinajstić information content (AvgIpc) is 2.31. The Kier molecular flexibility index (Phi) is 3.76. The van der Waals surface area contributed by atoms with Crippen LogP contribution in [0.25, 0.3) is 0 Å². The summed E-state index contributed by atoms with van der Waals surface area (Å²) in [6, 6.07) is 5.60. The fourth-order valence-corrected chi connectivity index (χ4v) is 1.87. The number of nitrogens with two attached hydrogens (primary N) is 1. The van der Waals surface area contributed by atoms with E-state index in [0.29, 0.717) is 0 Å². The molecule has 2 rings (SSSR count). The molecule has 0 unspecified atom stereocenters. The first-order chi connectivity index (χ1) is 9.36. The van der Waals surface area contributed by atoms with Gasteiger partial charge in [0.15, 0.2) is 0 Å². The van der Waals surface area contributed by atoms with Gasteiger partial charge in [-0.25, -0.2) is 13.6 Å². The number of carboxylic acids is 1.